The summed E-state index contributed by atoms with van der Waals surface area (Å²) in [5, 5.41) is 12.3. The lowest BCUT2D eigenvalue weighted by Gasteiger charge is -2.18. The highest BCUT2D eigenvalue weighted by atomic mass is 19.4. The minimum atomic E-state index is -4.11. The summed E-state index contributed by atoms with van der Waals surface area (Å²) in [6.07, 6.45) is -1.96. The van der Waals surface area contributed by atoms with Gasteiger partial charge in [-0.05, 0) is 37.6 Å². The van der Waals surface area contributed by atoms with Gasteiger partial charge in [-0.3, -0.25) is 9.88 Å². The smallest absolute Gasteiger partial charge is 0.401 e. The molecule has 0 saturated carbocycles. The van der Waals surface area contributed by atoms with Crippen LogP contribution in [0.25, 0.3) is 0 Å². The van der Waals surface area contributed by atoms with Crippen LogP contribution in [-0.2, 0) is 6.54 Å². The van der Waals surface area contributed by atoms with Gasteiger partial charge in [-0.15, -0.1) is 0 Å². The van der Waals surface area contributed by atoms with Crippen molar-refractivity contribution in [2.24, 2.45) is 5.92 Å². The summed E-state index contributed by atoms with van der Waals surface area (Å²) in [6, 6.07) is 3.28. The fraction of sp³-hybridized carbons (Fsp3) is 0.615. The number of aromatic hydroxyl groups is 1. The highest BCUT2D eigenvalue weighted by Gasteiger charge is 2.34. The fourth-order valence-corrected chi connectivity index (χ4v) is 2.40. The number of rotatable bonds is 5. The summed E-state index contributed by atoms with van der Waals surface area (Å²) in [7, 11) is 0. The molecule has 0 aromatic carbocycles. The third-order valence-electron chi connectivity index (χ3n) is 3.32. The van der Waals surface area contributed by atoms with Crippen molar-refractivity contribution in [3.05, 3.63) is 24.0 Å². The second-order valence-electron chi connectivity index (χ2n) is 5.14. The molecule has 2 heterocycles. The van der Waals surface area contributed by atoms with Crippen molar-refractivity contribution in [3.8, 4) is 5.75 Å². The van der Waals surface area contributed by atoms with Gasteiger partial charge >= 0.3 is 6.18 Å². The Bertz CT molecular complexity index is 422. The molecule has 0 radical (unpaired) electrons. The van der Waals surface area contributed by atoms with Gasteiger partial charge in [0.25, 0.3) is 0 Å². The Morgan fingerprint density at radius 1 is 1.40 bits per heavy atom. The third-order valence-corrected chi connectivity index (χ3v) is 3.32. The van der Waals surface area contributed by atoms with Gasteiger partial charge in [0.1, 0.15) is 5.75 Å². The number of nitrogens with one attached hydrogen (secondary N) is 1. The molecule has 0 amide bonds. The van der Waals surface area contributed by atoms with Crippen LogP contribution in [-0.4, -0.2) is 47.3 Å². The second-order valence-corrected chi connectivity index (χ2v) is 5.14. The fourth-order valence-electron chi connectivity index (χ4n) is 2.40. The van der Waals surface area contributed by atoms with Crippen LogP contribution in [0, 0.1) is 5.92 Å². The zero-order valence-corrected chi connectivity index (χ0v) is 11.0. The van der Waals surface area contributed by atoms with Crippen LogP contribution < -0.4 is 5.32 Å². The molecule has 1 unspecified atom stereocenters. The Hall–Kier alpha value is -1.34. The van der Waals surface area contributed by atoms with E-state index < -0.39 is 12.7 Å². The maximum Gasteiger partial charge on any atom is 0.401 e. The first-order chi connectivity index (χ1) is 9.42. The van der Waals surface area contributed by atoms with Crippen molar-refractivity contribution in [1.29, 1.82) is 0 Å². The summed E-state index contributed by atoms with van der Waals surface area (Å²) in [5.74, 6) is 0.363. The molecule has 2 N–H and O–H groups in total. The normalized spacial score (nSPS) is 20.4. The number of aromatic nitrogens is 1. The Balaban J connectivity index is 1.67. The molecule has 7 heteroatoms. The standard InChI is InChI=1S/C13H18F3N3O/c14-13(15,16)9-19-4-3-10(8-19)5-17-6-11-1-2-12(20)7-18-11/h1-2,7,10,17,20H,3-6,8-9H2. The molecule has 2 rings (SSSR count). The summed E-state index contributed by atoms with van der Waals surface area (Å²) in [6.45, 7) is 1.40. The van der Waals surface area contributed by atoms with Crippen molar-refractivity contribution < 1.29 is 18.3 Å². The molecule has 4 nitrogen and oxygen atoms in total. The van der Waals surface area contributed by atoms with Crippen LogP contribution in [0.4, 0.5) is 13.2 Å². The lowest BCUT2D eigenvalue weighted by Crippen LogP contribution is -2.33. The van der Waals surface area contributed by atoms with Crippen LogP contribution in [0.3, 0.4) is 0 Å². The first-order valence-electron chi connectivity index (χ1n) is 6.56. The molecule has 0 bridgehead atoms. The highest BCUT2D eigenvalue weighted by molar-refractivity contribution is 5.17. The van der Waals surface area contributed by atoms with Crippen molar-refractivity contribution in [2.75, 3.05) is 26.2 Å². The molecule has 1 aliphatic heterocycles. The van der Waals surface area contributed by atoms with Crippen molar-refractivity contribution >= 4 is 0 Å². The van der Waals surface area contributed by atoms with E-state index >= 15 is 0 Å². The van der Waals surface area contributed by atoms with Gasteiger partial charge in [0.15, 0.2) is 0 Å². The quantitative estimate of drug-likeness (QED) is 0.867. The molecule has 0 aliphatic carbocycles. The van der Waals surface area contributed by atoms with Crippen LogP contribution in [0.5, 0.6) is 5.75 Å². The molecule has 1 atom stereocenters. The van der Waals surface area contributed by atoms with Gasteiger partial charge in [0.2, 0.25) is 0 Å². The summed E-state index contributed by atoms with van der Waals surface area (Å²) in [4.78, 5) is 5.48. The molecule has 112 valence electrons. The lowest BCUT2D eigenvalue weighted by molar-refractivity contribution is -0.143. The predicted molar refractivity (Wildman–Crippen MR) is 68.2 cm³/mol. The first kappa shape index (κ1) is 15.1. The minimum Gasteiger partial charge on any atom is -0.506 e. The van der Waals surface area contributed by atoms with Crippen molar-refractivity contribution in [2.45, 2.75) is 19.1 Å². The van der Waals surface area contributed by atoms with Gasteiger partial charge in [0.05, 0.1) is 18.4 Å². The molecule has 1 aromatic rings. The predicted octanol–water partition coefficient (Wildman–Crippen LogP) is 1.76. The molecule has 0 spiro atoms. The lowest BCUT2D eigenvalue weighted by atomic mass is 10.1. The van der Waals surface area contributed by atoms with Crippen molar-refractivity contribution in [3.63, 3.8) is 0 Å². The zero-order valence-electron chi connectivity index (χ0n) is 11.0. The summed E-state index contributed by atoms with van der Waals surface area (Å²) < 4.78 is 36.8. The largest absolute Gasteiger partial charge is 0.506 e. The van der Waals surface area contributed by atoms with Gasteiger partial charge in [-0.1, -0.05) is 0 Å². The van der Waals surface area contributed by atoms with E-state index in [0.717, 1.165) is 12.1 Å². The van der Waals surface area contributed by atoms with Crippen LogP contribution in [0.1, 0.15) is 12.1 Å². The molecule has 1 fully saturated rings. The summed E-state index contributed by atoms with van der Waals surface area (Å²) in [5.41, 5.74) is 0.799. The Kier molecular flexibility index (Phi) is 4.82. The number of pyridine rings is 1. The second kappa shape index (κ2) is 6.41. The number of hydrogen-bond donors (Lipinski definition) is 2. The Labute approximate surface area is 115 Å². The molecular formula is C13H18F3N3O. The number of hydrogen-bond acceptors (Lipinski definition) is 4. The van der Waals surface area contributed by atoms with E-state index in [0.29, 0.717) is 26.2 Å². The van der Waals surface area contributed by atoms with E-state index in [1.54, 1.807) is 12.1 Å². The third kappa shape index (κ3) is 4.97. The topological polar surface area (TPSA) is 48.4 Å². The molecule has 1 aliphatic rings. The highest BCUT2D eigenvalue weighted by Crippen LogP contribution is 2.22. The number of alkyl halides is 3. The van der Waals surface area contributed by atoms with Gasteiger partial charge < -0.3 is 10.4 Å². The van der Waals surface area contributed by atoms with E-state index in [4.69, 9.17) is 5.11 Å². The van der Waals surface area contributed by atoms with Gasteiger partial charge in [-0.2, -0.15) is 13.2 Å². The number of likely N-dealkylation sites (tertiary alicyclic amines) is 1. The van der Waals surface area contributed by atoms with Crippen LogP contribution in [0.15, 0.2) is 18.3 Å². The molecule has 1 saturated heterocycles. The van der Waals surface area contributed by atoms with Crippen LogP contribution in [0.2, 0.25) is 0 Å². The first-order valence-corrected chi connectivity index (χ1v) is 6.56. The van der Waals surface area contributed by atoms with Gasteiger partial charge in [-0.25, -0.2) is 0 Å². The Morgan fingerprint density at radius 3 is 2.85 bits per heavy atom. The number of halogens is 3. The zero-order chi connectivity index (χ0) is 14.6. The van der Waals surface area contributed by atoms with E-state index in [1.165, 1.54) is 11.1 Å². The molecular weight excluding hydrogens is 271 g/mol. The molecule has 1 aromatic heterocycles. The minimum absolute atomic E-state index is 0.118. The van der Waals surface area contributed by atoms with Crippen LogP contribution >= 0.6 is 0 Å². The van der Waals surface area contributed by atoms with Gasteiger partial charge in [0, 0.05) is 13.1 Å². The average molecular weight is 289 g/mol. The van der Waals surface area contributed by atoms with E-state index in [1.807, 2.05) is 0 Å². The average Bonchev–Trinajstić information content (AvgIpc) is 2.77. The summed E-state index contributed by atoms with van der Waals surface area (Å²) >= 11 is 0. The number of nitrogens with zero attached hydrogens (tertiary/aromatic N) is 2. The molecule has 20 heavy (non-hydrogen) atoms. The van der Waals surface area contributed by atoms with E-state index in [-0.39, 0.29) is 11.7 Å². The van der Waals surface area contributed by atoms with Crippen molar-refractivity contribution in [1.82, 2.24) is 15.2 Å². The van der Waals surface area contributed by atoms with E-state index in [2.05, 4.69) is 10.3 Å². The SMILES string of the molecule is Oc1ccc(CNCC2CCN(CC(F)(F)F)C2)nc1. The maximum atomic E-state index is 12.3. The maximum absolute atomic E-state index is 12.3. The monoisotopic (exact) mass is 289 g/mol. The Morgan fingerprint density at radius 2 is 2.20 bits per heavy atom. The van der Waals surface area contributed by atoms with E-state index in [9.17, 15) is 13.2 Å².